The minimum absolute atomic E-state index is 0.0723. The Morgan fingerprint density at radius 2 is 2.00 bits per heavy atom. The summed E-state index contributed by atoms with van der Waals surface area (Å²) in [6.45, 7) is 5.24. The van der Waals surface area contributed by atoms with Gasteiger partial charge in [0, 0.05) is 0 Å². The van der Waals surface area contributed by atoms with E-state index in [1.54, 1.807) is 19.9 Å². The number of aromatic nitrogens is 2. The number of hydrogen-bond donors (Lipinski definition) is 1. The number of nitrogens with one attached hydrogen (secondary N) is 1. The van der Waals surface area contributed by atoms with Gasteiger partial charge in [-0.1, -0.05) is 29.4 Å². The molecule has 0 amide bonds. The summed E-state index contributed by atoms with van der Waals surface area (Å²) in [6.07, 6.45) is 0. The van der Waals surface area contributed by atoms with Crippen LogP contribution < -0.4 is 4.72 Å². The number of rotatable bonds is 5. The van der Waals surface area contributed by atoms with Crippen LogP contribution in [0.15, 0.2) is 28.8 Å². The van der Waals surface area contributed by atoms with Crippen LogP contribution in [0.3, 0.4) is 0 Å². The van der Waals surface area contributed by atoms with Crippen molar-refractivity contribution in [2.24, 2.45) is 0 Å². The number of hydrogen-bond acceptors (Lipinski definition) is 5. The summed E-state index contributed by atoms with van der Waals surface area (Å²) in [5, 5.41) is 3.64. The Morgan fingerprint density at radius 1 is 1.30 bits per heavy atom. The highest BCUT2D eigenvalue weighted by molar-refractivity contribution is 7.88. The van der Waals surface area contributed by atoms with Gasteiger partial charge in [0.25, 0.3) is 0 Å². The quantitative estimate of drug-likeness (QED) is 0.910. The Kier molecular flexibility index (Phi) is 4.20. The third kappa shape index (κ3) is 3.64. The van der Waals surface area contributed by atoms with Crippen LogP contribution in [-0.4, -0.2) is 18.6 Å². The molecule has 0 saturated carbocycles. The summed E-state index contributed by atoms with van der Waals surface area (Å²) in [6, 6.07) is 6.84. The standard InChI is InChI=1S/C13H17N3O3S/c1-9-6-4-5-7-12(9)8-20(17,18)16-10(2)13-14-11(3)15-19-13/h4-7,10,16H,8H2,1-3H3/t10-/m0/s1. The lowest BCUT2D eigenvalue weighted by Crippen LogP contribution is -2.28. The molecule has 6 nitrogen and oxygen atoms in total. The van der Waals surface area contributed by atoms with E-state index >= 15 is 0 Å². The van der Waals surface area contributed by atoms with Gasteiger partial charge in [-0.05, 0) is 31.9 Å². The molecule has 0 spiro atoms. The molecule has 7 heteroatoms. The van der Waals surface area contributed by atoms with Gasteiger partial charge >= 0.3 is 0 Å². The SMILES string of the molecule is Cc1noc([C@H](C)NS(=O)(=O)Cc2ccccc2C)n1. The Labute approximate surface area is 118 Å². The molecule has 0 saturated heterocycles. The van der Waals surface area contributed by atoms with Gasteiger partial charge in [0.2, 0.25) is 15.9 Å². The highest BCUT2D eigenvalue weighted by Crippen LogP contribution is 2.15. The summed E-state index contributed by atoms with van der Waals surface area (Å²) in [5.41, 5.74) is 1.72. The van der Waals surface area contributed by atoms with E-state index in [1.807, 2.05) is 25.1 Å². The number of aryl methyl sites for hydroxylation is 2. The van der Waals surface area contributed by atoms with Crippen molar-refractivity contribution < 1.29 is 12.9 Å². The van der Waals surface area contributed by atoms with Crippen LogP contribution in [0.1, 0.15) is 35.8 Å². The van der Waals surface area contributed by atoms with Gasteiger partial charge in [-0.2, -0.15) is 4.98 Å². The molecule has 0 aliphatic rings. The van der Waals surface area contributed by atoms with E-state index in [2.05, 4.69) is 14.9 Å². The second-order valence-electron chi connectivity index (χ2n) is 4.70. The molecule has 2 rings (SSSR count). The minimum atomic E-state index is -3.47. The maximum Gasteiger partial charge on any atom is 0.244 e. The Morgan fingerprint density at radius 3 is 2.60 bits per heavy atom. The van der Waals surface area contributed by atoms with Gasteiger partial charge < -0.3 is 4.52 Å². The van der Waals surface area contributed by atoms with Gasteiger partial charge in [0.1, 0.15) is 0 Å². The molecular weight excluding hydrogens is 278 g/mol. The smallest absolute Gasteiger partial charge is 0.244 e. The predicted molar refractivity (Wildman–Crippen MR) is 74.4 cm³/mol. The van der Waals surface area contributed by atoms with Crippen LogP contribution in [0.25, 0.3) is 0 Å². The van der Waals surface area contributed by atoms with Crippen LogP contribution in [0, 0.1) is 13.8 Å². The largest absolute Gasteiger partial charge is 0.338 e. The topological polar surface area (TPSA) is 85.1 Å². The molecule has 0 unspecified atom stereocenters. The number of nitrogens with zero attached hydrogens (tertiary/aromatic N) is 2. The first-order valence-electron chi connectivity index (χ1n) is 6.22. The van der Waals surface area contributed by atoms with Crippen molar-refractivity contribution in [1.82, 2.24) is 14.9 Å². The summed E-state index contributed by atoms with van der Waals surface area (Å²) in [5.74, 6) is 0.665. The van der Waals surface area contributed by atoms with Crippen LogP contribution in [0.4, 0.5) is 0 Å². The second kappa shape index (κ2) is 5.72. The molecule has 0 radical (unpaired) electrons. The van der Waals surface area contributed by atoms with Crippen molar-refractivity contribution in [1.29, 1.82) is 0 Å². The van der Waals surface area contributed by atoms with Crippen molar-refractivity contribution in [3.05, 3.63) is 47.1 Å². The lowest BCUT2D eigenvalue weighted by molar-refractivity contribution is 0.350. The van der Waals surface area contributed by atoms with E-state index in [-0.39, 0.29) is 11.6 Å². The van der Waals surface area contributed by atoms with Crippen molar-refractivity contribution in [3.63, 3.8) is 0 Å². The summed E-state index contributed by atoms with van der Waals surface area (Å²) in [4.78, 5) is 4.01. The molecule has 0 fully saturated rings. The zero-order chi connectivity index (χ0) is 14.8. The minimum Gasteiger partial charge on any atom is -0.338 e. The molecule has 1 N–H and O–H groups in total. The third-order valence-corrected chi connectivity index (χ3v) is 4.28. The van der Waals surface area contributed by atoms with Gasteiger partial charge in [-0.3, -0.25) is 0 Å². The maximum absolute atomic E-state index is 12.1. The first-order chi connectivity index (χ1) is 9.37. The molecule has 2 aromatic rings. The van der Waals surface area contributed by atoms with E-state index in [1.165, 1.54) is 0 Å². The first-order valence-corrected chi connectivity index (χ1v) is 7.87. The van der Waals surface area contributed by atoms with E-state index in [0.717, 1.165) is 11.1 Å². The Hall–Kier alpha value is -1.73. The molecule has 1 aromatic carbocycles. The normalized spacial score (nSPS) is 13.3. The maximum atomic E-state index is 12.1. The van der Waals surface area contributed by atoms with Gasteiger partial charge in [0.05, 0.1) is 11.8 Å². The summed E-state index contributed by atoms with van der Waals surface area (Å²) >= 11 is 0. The molecule has 0 aliphatic carbocycles. The Balaban J connectivity index is 2.10. The molecule has 108 valence electrons. The summed E-state index contributed by atoms with van der Waals surface area (Å²) in [7, 11) is -3.47. The molecule has 20 heavy (non-hydrogen) atoms. The molecule has 0 bridgehead atoms. The fourth-order valence-electron chi connectivity index (χ4n) is 1.83. The van der Waals surface area contributed by atoms with E-state index in [4.69, 9.17) is 4.52 Å². The monoisotopic (exact) mass is 295 g/mol. The summed E-state index contributed by atoms with van der Waals surface area (Å²) < 4.78 is 31.8. The third-order valence-electron chi connectivity index (χ3n) is 2.88. The predicted octanol–water partition coefficient (Wildman–Crippen LogP) is 1.87. The molecule has 0 aliphatic heterocycles. The zero-order valence-electron chi connectivity index (χ0n) is 11.6. The van der Waals surface area contributed by atoms with Gasteiger partial charge in [0.15, 0.2) is 5.82 Å². The average Bonchev–Trinajstić information content (AvgIpc) is 2.78. The average molecular weight is 295 g/mol. The van der Waals surface area contributed by atoms with E-state index in [9.17, 15) is 8.42 Å². The zero-order valence-corrected chi connectivity index (χ0v) is 12.4. The number of benzene rings is 1. The second-order valence-corrected chi connectivity index (χ2v) is 6.46. The van der Waals surface area contributed by atoms with Crippen molar-refractivity contribution >= 4 is 10.0 Å². The molecule has 1 heterocycles. The van der Waals surface area contributed by atoms with Crippen LogP contribution in [-0.2, 0) is 15.8 Å². The van der Waals surface area contributed by atoms with Gasteiger partial charge in [-0.25, -0.2) is 13.1 Å². The van der Waals surface area contributed by atoms with Crippen LogP contribution in [0.2, 0.25) is 0 Å². The Bertz CT molecular complexity index is 694. The lowest BCUT2D eigenvalue weighted by Gasteiger charge is -2.11. The fraction of sp³-hybridized carbons (Fsp3) is 0.385. The van der Waals surface area contributed by atoms with E-state index < -0.39 is 16.1 Å². The fourth-order valence-corrected chi connectivity index (χ4v) is 3.28. The first kappa shape index (κ1) is 14.7. The van der Waals surface area contributed by atoms with Crippen molar-refractivity contribution in [2.45, 2.75) is 32.6 Å². The van der Waals surface area contributed by atoms with Crippen molar-refractivity contribution in [2.75, 3.05) is 0 Å². The molecule has 1 aromatic heterocycles. The highest BCUT2D eigenvalue weighted by Gasteiger charge is 2.21. The lowest BCUT2D eigenvalue weighted by atomic mass is 10.1. The van der Waals surface area contributed by atoms with Crippen LogP contribution in [0.5, 0.6) is 0 Å². The number of sulfonamides is 1. The molecule has 1 atom stereocenters. The van der Waals surface area contributed by atoms with Crippen molar-refractivity contribution in [3.8, 4) is 0 Å². The van der Waals surface area contributed by atoms with E-state index in [0.29, 0.717) is 5.82 Å². The highest BCUT2D eigenvalue weighted by atomic mass is 32.2. The van der Waals surface area contributed by atoms with Gasteiger partial charge in [-0.15, -0.1) is 0 Å². The van der Waals surface area contributed by atoms with Crippen LogP contribution >= 0.6 is 0 Å². The molecular formula is C13H17N3O3S.